The maximum Gasteiger partial charge on any atom is 0.216 e. The Bertz CT molecular complexity index is 435. The third kappa shape index (κ3) is 2.13. The molecule has 0 amide bonds. The Hall–Kier alpha value is -1.65. The summed E-state index contributed by atoms with van der Waals surface area (Å²) < 4.78 is 15.8. The molecular weight excluding hydrogens is 206 g/mol. The van der Waals surface area contributed by atoms with Crippen molar-refractivity contribution in [2.24, 2.45) is 0 Å². The molecule has 0 aliphatic heterocycles. The molecule has 0 atom stereocenters. The van der Waals surface area contributed by atoms with Crippen LogP contribution < -0.4 is 0 Å². The van der Waals surface area contributed by atoms with E-state index >= 15 is 0 Å². The molecule has 4 heteroatoms. The van der Waals surface area contributed by atoms with E-state index in [-0.39, 0.29) is 0 Å². The molecule has 2 aromatic rings. The molecule has 0 saturated heterocycles. The molecule has 4 nitrogen and oxygen atoms in total. The average Bonchev–Trinajstić information content (AvgIpc) is 2.81. The van der Waals surface area contributed by atoms with Gasteiger partial charge in [-0.15, -0.1) is 0 Å². The summed E-state index contributed by atoms with van der Waals surface area (Å²) in [6.45, 7) is 0. The number of hydrogen-bond donors (Lipinski definition) is 0. The van der Waals surface area contributed by atoms with Gasteiger partial charge in [0.25, 0.3) is 0 Å². The van der Waals surface area contributed by atoms with Crippen molar-refractivity contribution in [2.75, 3.05) is 14.2 Å². The van der Waals surface area contributed by atoms with Gasteiger partial charge in [0.15, 0.2) is 5.76 Å². The first-order valence-electron chi connectivity index (χ1n) is 4.91. The summed E-state index contributed by atoms with van der Waals surface area (Å²) >= 11 is 0. The Labute approximate surface area is 93.8 Å². The third-order valence-corrected chi connectivity index (χ3v) is 2.25. The van der Waals surface area contributed by atoms with Gasteiger partial charge < -0.3 is 13.9 Å². The Morgan fingerprint density at radius 1 is 1.06 bits per heavy atom. The number of methoxy groups -OCH3 is 2. The van der Waals surface area contributed by atoms with E-state index in [9.17, 15) is 0 Å². The summed E-state index contributed by atoms with van der Waals surface area (Å²) in [6.07, 6.45) is 2.99. The van der Waals surface area contributed by atoms with Crippen molar-refractivity contribution in [1.29, 1.82) is 0 Å². The molecule has 0 saturated carbocycles. The van der Waals surface area contributed by atoms with Gasteiger partial charge in [-0.3, -0.25) is 4.98 Å². The Morgan fingerprint density at radius 2 is 1.75 bits per heavy atom. The number of rotatable bonds is 4. The smallest absolute Gasteiger partial charge is 0.216 e. The molecule has 2 rings (SSSR count). The van der Waals surface area contributed by atoms with Crippen LogP contribution in [0, 0.1) is 0 Å². The zero-order valence-electron chi connectivity index (χ0n) is 9.21. The van der Waals surface area contributed by atoms with E-state index in [4.69, 9.17) is 13.9 Å². The first-order valence-corrected chi connectivity index (χ1v) is 4.91. The summed E-state index contributed by atoms with van der Waals surface area (Å²) in [5.41, 5.74) is 0.979. The maximum atomic E-state index is 5.64. The SMILES string of the molecule is COC(OC)c1ccc(-c2ccncc2)o1. The fraction of sp³-hybridized carbons (Fsp3) is 0.250. The minimum absolute atomic E-state index is 0.462. The lowest BCUT2D eigenvalue weighted by Crippen LogP contribution is -2.01. The molecule has 84 valence electrons. The van der Waals surface area contributed by atoms with Crippen molar-refractivity contribution in [2.45, 2.75) is 6.29 Å². The largest absolute Gasteiger partial charge is 0.456 e. The highest BCUT2D eigenvalue weighted by molar-refractivity contribution is 5.56. The van der Waals surface area contributed by atoms with Crippen molar-refractivity contribution >= 4 is 0 Å². The molecule has 0 aliphatic carbocycles. The van der Waals surface area contributed by atoms with Crippen molar-refractivity contribution < 1.29 is 13.9 Å². The van der Waals surface area contributed by atoms with Crippen molar-refractivity contribution in [3.05, 3.63) is 42.4 Å². The van der Waals surface area contributed by atoms with Gasteiger partial charge >= 0.3 is 0 Å². The van der Waals surface area contributed by atoms with Gasteiger partial charge in [0.2, 0.25) is 6.29 Å². The molecule has 0 aromatic carbocycles. The van der Waals surface area contributed by atoms with Crippen molar-refractivity contribution in [3.8, 4) is 11.3 Å². The maximum absolute atomic E-state index is 5.64. The van der Waals surface area contributed by atoms with Crippen LogP contribution in [0.25, 0.3) is 11.3 Å². The monoisotopic (exact) mass is 219 g/mol. The lowest BCUT2D eigenvalue weighted by Gasteiger charge is -2.09. The van der Waals surface area contributed by atoms with Gasteiger partial charge in [-0.1, -0.05) is 0 Å². The number of nitrogens with zero attached hydrogens (tertiary/aromatic N) is 1. The van der Waals surface area contributed by atoms with E-state index in [1.54, 1.807) is 26.6 Å². The highest BCUT2D eigenvalue weighted by Gasteiger charge is 2.14. The summed E-state index contributed by atoms with van der Waals surface area (Å²) in [5, 5.41) is 0. The van der Waals surface area contributed by atoms with Gasteiger partial charge in [-0.25, -0.2) is 0 Å². The summed E-state index contributed by atoms with van der Waals surface area (Å²) in [4.78, 5) is 3.95. The minimum Gasteiger partial charge on any atom is -0.456 e. The Morgan fingerprint density at radius 3 is 2.38 bits per heavy atom. The van der Waals surface area contributed by atoms with Crippen LogP contribution in [-0.2, 0) is 9.47 Å². The molecule has 0 spiro atoms. The number of ether oxygens (including phenoxy) is 2. The highest BCUT2D eigenvalue weighted by atomic mass is 16.7. The van der Waals surface area contributed by atoms with Gasteiger partial charge in [0.1, 0.15) is 5.76 Å². The minimum atomic E-state index is -0.462. The first kappa shape index (κ1) is 10.9. The van der Waals surface area contributed by atoms with Gasteiger partial charge in [-0.05, 0) is 24.3 Å². The lowest BCUT2D eigenvalue weighted by molar-refractivity contribution is -0.117. The molecule has 0 fully saturated rings. The zero-order chi connectivity index (χ0) is 11.4. The van der Waals surface area contributed by atoms with Crippen LogP contribution in [0.3, 0.4) is 0 Å². The summed E-state index contributed by atoms with van der Waals surface area (Å²) in [6, 6.07) is 7.50. The molecule has 2 heterocycles. The number of aromatic nitrogens is 1. The normalized spacial score (nSPS) is 10.9. The second-order valence-electron chi connectivity index (χ2n) is 3.24. The van der Waals surface area contributed by atoms with Gasteiger partial charge in [0, 0.05) is 32.2 Å². The van der Waals surface area contributed by atoms with Crippen LogP contribution >= 0.6 is 0 Å². The standard InChI is InChI=1S/C12H13NO3/c1-14-12(15-2)11-4-3-10(16-11)9-5-7-13-8-6-9/h3-8,12H,1-2H3. The number of hydrogen-bond acceptors (Lipinski definition) is 4. The molecule has 2 aromatic heterocycles. The predicted molar refractivity (Wildman–Crippen MR) is 58.7 cm³/mol. The Balaban J connectivity index is 2.26. The van der Waals surface area contributed by atoms with Crippen LogP contribution in [0.1, 0.15) is 12.1 Å². The van der Waals surface area contributed by atoms with E-state index in [1.165, 1.54) is 0 Å². The molecule has 0 N–H and O–H groups in total. The summed E-state index contributed by atoms with van der Waals surface area (Å²) in [5.74, 6) is 1.42. The Kier molecular flexibility index (Phi) is 3.34. The van der Waals surface area contributed by atoms with Crippen molar-refractivity contribution in [1.82, 2.24) is 4.98 Å². The molecule has 0 radical (unpaired) electrons. The predicted octanol–water partition coefficient (Wildman–Crippen LogP) is 2.63. The van der Waals surface area contributed by atoms with E-state index in [2.05, 4.69) is 4.98 Å². The van der Waals surface area contributed by atoms with E-state index in [0.29, 0.717) is 5.76 Å². The van der Waals surface area contributed by atoms with E-state index in [0.717, 1.165) is 11.3 Å². The second-order valence-corrected chi connectivity index (χ2v) is 3.24. The van der Waals surface area contributed by atoms with Crippen LogP contribution in [0.4, 0.5) is 0 Å². The highest BCUT2D eigenvalue weighted by Crippen LogP contribution is 2.26. The molecular formula is C12H13NO3. The van der Waals surface area contributed by atoms with Crippen LogP contribution in [-0.4, -0.2) is 19.2 Å². The third-order valence-electron chi connectivity index (χ3n) is 2.25. The lowest BCUT2D eigenvalue weighted by atomic mass is 10.2. The second kappa shape index (κ2) is 4.92. The molecule has 0 unspecified atom stereocenters. The van der Waals surface area contributed by atoms with Gasteiger partial charge in [-0.2, -0.15) is 0 Å². The van der Waals surface area contributed by atoms with Crippen LogP contribution in [0.5, 0.6) is 0 Å². The fourth-order valence-corrected chi connectivity index (χ4v) is 1.48. The first-order chi connectivity index (χ1) is 7.85. The average molecular weight is 219 g/mol. The number of pyridine rings is 1. The van der Waals surface area contributed by atoms with E-state index in [1.807, 2.05) is 24.3 Å². The van der Waals surface area contributed by atoms with E-state index < -0.39 is 6.29 Å². The van der Waals surface area contributed by atoms with Crippen LogP contribution in [0.15, 0.2) is 41.1 Å². The fourth-order valence-electron chi connectivity index (χ4n) is 1.48. The molecule has 16 heavy (non-hydrogen) atoms. The van der Waals surface area contributed by atoms with Crippen LogP contribution in [0.2, 0.25) is 0 Å². The zero-order valence-corrected chi connectivity index (χ0v) is 9.21. The summed E-state index contributed by atoms with van der Waals surface area (Å²) in [7, 11) is 3.14. The molecule has 0 bridgehead atoms. The quantitative estimate of drug-likeness (QED) is 0.741. The molecule has 0 aliphatic rings. The van der Waals surface area contributed by atoms with Gasteiger partial charge in [0.05, 0.1) is 0 Å². The van der Waals surface area contributed by atoms with Crippen molar-refractivity contribution in [3.63, 3.8) is 0 Å². The number of furan rings is 1. The topological polar surface area (TPSA) is 44.5 Å².